The number of carbonyl (C=O) groups excluding carboxylic acids is 2. The van der Waals surface area contributed by atoms with Crippen molar-refractivity contribution in [3.63, 3.8) is 0 Å². The molecule has 0 aliphatic heterocycles. The Bertz CT molecular complexity index is 958. The van der Waals surface area contributed by atoms with E-state index in [9.17, 15) is 9.59 Å². The van der Waals surface area contributed by atoms with Crippen molar-refractivity contribution in [2.45, 2.75) is 12.1 Å². The Morgan fingerprint density at radius 2 is 1.82 bits per heavy atom. The molecule has 0 bridgehead atoms. The Hall–Kier alpha value is -2.40. The van der Waals surface area contributed by atoms with E-state index in [0.717, 1.165) is 20.9 Å². The van der Waals surface area contributed by atoms with Gasteiger partial charge < -0.3 is 14.5 Å². The molecule has 144 valence electrons. The molecule has 0 aliphatic carbocycles. The number of halogens is 1. The van der Waals surface area contributed by atoms with Crippen LogP contribution >= 0.6 is 34.4 Å². The van der Waals surface area contributed by atoms with E-state index >= 15 is 0 Å². The van der Waals surface area contributed by atoms with Gasteiger partial charge in [-0.3, -0.25) is 4.79 Å². The van der Waals surface area contributed by atoms with Crippen LogP contribution < -0.4 is 5.32 Å². The summed E-state index contributed by atoms with van der Waals surface area (Å²) in [6.45, 7) is 2.06. The Kier molecular flexibility index (Phi) is 7.04. The number of rotatable bonds is 7. The number of aromatic nitrogens is 2. The van der Waals surface area contributed by atoms with Gasteiger partial charge in [0.2, 0.25) is 11.8 Å². The minimum atomic E-state index is -0.392. The number of ether oxygens (including phenoxy) is 1. The lowest BCUT2D eigenvalue weighted by atomic mass is 10.2. The number of anilines is 1. The number of hydrogen-bond donors (Lipinski definition) is 1. The maximum Gasteiger partial charge on any atom is 0.338 e. The van der Waals surface area contributed by atoms with Gasteiger partial charge in [0.05, 0.1) is 17.9 Å². The van der Waals surface area contributed by atoms with E-state index in [2.05, 4.69) is 38.1 Å². The Labute approximate surface area is 179 Å². The standard InChI is InChI=1S/C19H16IN3O4S/c1-2-26-18(25)13-5-9-15(10-6-13)21-16(24)11-28-19-23-22-17(27-19)12-3-7-14(20)8-4-12/h3-10H,2,11H2,1H3,(H,21,24). The number of hydrogen-bond acceptors (Lipinski definition) is 7. The fourth-order valence-electron chi connectivity index (χ4n) is 2.21. The van der Waals surface area contributed by atoms with Gasteiger partial charge in [0.25, 0.3) is 5.22 Å². The van der Waals surface area contributed by atoms with E-state index in [1.165, 1.54) is 0 Å². The topological polar surface area (TPSA) is 94.3 Å². The highest BCUT2D eigenvalue weighted by molar-refractivity contribution is 14.1. The first-order valence-electron chi connectivity index (χ1n) is 8.34. The van der Waals surface area contributed by atoms with Crippen molar-refractivity contribution in [3.8, 4) is 11.5 Å². The molecule has 9 heteroatoms. The van der Waals surface area contributed by atoms with Gasteiger partial charge in [-0.25, -0.2) is 4.79 Å². The van der Waals surface area contributed by atoms with Gasteiger partial charge >= 0.3 is 5.97 Å². The van der Waals surface area contributed by atoms with Gasteiger partial charge in [0, 0.05) is 14.8 Å². The maximum absolute atomic E-state index is 12.1. The number of carbonyl (C=O) groups is 2. The van der Waals surface area contributed by atoms with E-state index in [1.54, 1.807) is 31.2 Å². The van der Waals surface area contributed by atoms with E-state index in [0.29, 0.717) is 29.0 Å². The van der Waals surface area contributed by atoms with Crippen LogP contribution in [0, 0.1) is 3.57 Å². The maximum atomic E-state index is 12.1. The van der Waals surface area contributed by atoms with Crippen LogP contribution in [-0.2, 0) is 9.53 Å². The predicted octanol–water partition coefficient (Wildman–Crippen LogP) is 4.25. The molecule has 28 heavy (non-hydrogen) atoms. The summed E-state index contributed by atoms with van der Waals surface area (Å²) in [5, 5.41) is 11.0. The predicted molar refractivity (Wildman–Crippen MR) is 114 cm³/mol. The highest BCUT2D eigenvalue weighted by Gasteiger charge is 2.12. The minimum Gasteiger partial charge on any atom is -0.462 e. The smallest absolute Gasteiger partial charge is 0.338 e. The Morgan fingerprint density at radius 1 is 1.11 bits per heavy atom. The Balaban J connectivity index is 1.52. The summed E-state index contributed by atoms with van der Waals surface area (Å²) in [6.07, 6.45) is 0. The molecule has 1 aromatic heterocycles. The quantitative estimate of drug-likeness (QED) is 0.289. The van der Waals surface area contributed by atoms with Gasteiger partial charge in [0.1, 0.15) is 0 Å². The summed E-state index contributed by atoms with van der Waals surface area (Å²) < 4.78 is 11.6. The summed E-state index contributed by atoms with van der Waals surface area (Å²) in [5.41, 5.74) is 1.85. The van der Waals surface area contributed by atoms with Gasteiger partial charge in [-0.05, 0) is 78.0 Å². The molecule has 2 aromatic carbocycles. The van der Waals surface area contributed by atoms with Crippen LogP contribution in [0.4, 0.5) is 5.69 Å². The fraction of sp³-hybridized carbons (Fsp3) is 0.158. The van der Waals surface area contributed by atoms with E-state index in [-0.39, 0.29) is 11.7 Å². The van der Waals surface area contributed by atoms with Crippen molar-refractivity contribution >= 4 is 51.9 Å². The summed E-state index contributed by atoms with van der Waals surface area (Å²) in [4.78, 5) is 23.7. The van der Waals surface area contributed by atoms with Crippen LogP contribution in [0.25, 0.3) is 11.5 Å². The molecule has 1 amide bonds. The number of benzene rings is 2. The Morgan fingerprint density at radius 3 is 2.50 bits per heavy atom. The first-order valence-corrected chi connectivity index (χ1v) is 10.4. The van der Waals surface area contributed by atoms with Crippen molar-refractivity contribution in [2.75, 3.05) is 17.7 Å². The molecule has 0 atom stereocenters. The molecule has 1 N–H and O–H groups in total. The number of amides is 1. The van der Waals surface area contributed by atoms with Crippen LogP contribution in [0.15, 0.2) is 58.2 Å². The molecule has 0 aliphatic rings. The third-order valence-corrected chi connectivity index (χ3v) is 5.04. The normalized spacial score (nSPS) is 10.5. The van der Waals surface area contributed by atoms with Gasteiger partial charge in [0.15, 0.2) is 0 Å². The lowest BCUT2D eigenvalue weighted by molar-refractivity contribution is -0.113. The summed E-state index contributed by atoms with van der Waals surface area (Å²) in [5.74, 6) is -0.0819. The van der Waals surface area contributed by atoms with Crippen molar-refractivity contribution in [1.82, 2.24) is 10.2 Å². The van der Waals surface area contributed by atoms with Crippen LogP contribution in [0.2, 0.25) is 0 Å². The molecule has 1 heterocycles. The van der Waals surface area contributed by atoms with Crippen LogP contribution in [-0.4, -0.2) is 34.4 Å². The van der Waals surface area contributed by atoms with Gasteiger partial charge in [-0.15, -0.1) is 10.2 Å². The summed E-state index contributed by atoms with van der Waals surface area (Å²) in [6, 6.07) is 14.2. The first kappa shape index (κ1) is 20.3. The molecule has 3 aromatic rings. The van der Waals surface area contributed by atoms with E-state index in [1.807, 2.05) is 24.3 Å². The third kappa shape index (κ3) is 5.55. The zero-order chi connectivity index (χ0) is 19.9. The first-order chi connectivity index (χ1) is 13.5. The molecule has 7 nitrogen and oxygen atoms in total. The van der Waals surface area contributed by atoms with Crippen LogP contribution in [0.1, 0.15) is 17.3 Å². The largest absolute Gasteiger partial charge is 0.462 e. The monoisotopic (exact) mass is 509 g/mol. The number of esters is 1. The fourth-order valence-corrected chi connectivity index (χ4v) is 3.13. The molecule has 3 rings (SSSR count). The SMILES string of the molecule is CCOC(=O)c1ccc(NC(=O)CSc2nnc(-c3ccc(I)cc3)o2)cc1. The highest BCUT2D eigenvalue weighted by Crippen LogP contribution is 2.24. The van der Waals surface area contributed by atoms with E-state index in [4.69, 9.17) is 9.15 Å². The minimum absolute atomic E-state index is 0.119. The average molecular weight is 509 g/mol. The molecule has 0 radical (unpaired) electrons. The van der Waals surface area contributed by atoms with Crippen molar-refractivity contribution in [1.29, 1.82) is 0 Å². The molecule has 0 saturated heterocycles. The lowest BCUT2D eigenvalue weighted by Gasteiger charge is -2.05. The van der Waals surface area contributed by atoms with E-state index < -0.39 is 5.97 Å². The van der Waals surface area contributed by atoms with Crippen LogP contribution in [0.3, 0.4) is 0 Å². The summed E-state index contributed by atoms with van der Waals surface area (Å²) >= 11 is 3.37. The second kappa shape index (κ2) is 9.69. The molecular weight excluding hydrogens is 493 g/mol. The molecular formula is C19H16IN3O4S. The molecule has 0 unspecified atom stereocenters. The zero-order valence-electron chi connectivity index (χ0n) is 14.8. The second-order valence-electron chi connectivity index (χ2n) is 5.51. The van der Waals surface area contributed by atoms with Gasteiger partial charge in [-0.1, -0.05) is 11.8 Å². The molecule has 0 spiro atoms. The molecule has 0 fully saturated rings. The third-order valence-electron chi connectivity index (χ3n) is 3.50. The zero-order valence-corrected chi connectivity index (χ0v) is 17.8. The number of thioether (sulfide) groups is 1. The van der Waals surface area contributed by atoms with Crippen LogP contribution in [0.5, 0.6) is 0 Å². The van der Waals surface area contributed by atoms with Gasteiger partial charge in [-0.2, -0.15) is 0 Å². The van der Waals surface area contributed by atoms with Crippen molar-refractivity contribution < 1.29 is 18.7 Å². The summed E-state index contributed by atoms with van der Waals surface area (Å²) in [7, 11) is 0. The number of nitrogens with one attached hydrogen (secondary N) is 1. The number of nitrogens with zero attached hydrogens (tertiary/aromatic N) is 2. The van der Waals surface area contributed by atoms with Crippen molar-refractivity contribution in [3.05, 3.63) is 57.7 Å². The average Bonchev–Trinajstić information content (AvgIpc) is 3.17. The lowest BCUT2D eigenvalue weighted by Crippen LogP contribution is -2.14. The highest BCUT2D eigenvalue weighted by atomic mass is 127. The second-order valence-corrected chi connectivity index (χ2v) is 7.69. The molecule has 0 saturated carbocycles. The van der Waals surface area contributed by atoms with Crippen molar-refractivity contribution in [2.24, 2.45) is 0 Å².